The number of aliphatic hydroxyl groups is 3. The van der Waals surface area contributed by atoms with E-state index < -0.39 is 47.8 Å². The molecule has 1 aliphatic heterocycles. The SMILES string of the molecule is CC[C@H](OC)[C@@H](C)[C@H]1O[C@@H]1C(NCc1ccccc1OC)C(C)(O)/C=C/C=C(\C)C[C@@H](C)/C=C/[C@H](OC(C)=O)[C@](C)(O)CC[C@@H](O)CC(=O)O. The number of rotatable bonds is 23. The van der Waals surface area contributed by atoms with Gasteiger partial charge in [-0.1, -0.05) is 68.8 Å². The van der Waals surface area contributed by atoms with E-state index in [1.807, 2.05) is 56.3 Å². The summed E-state index contributed by atoms with van der Waals surface area (Å²) in [7, 11) is 3.35. The zero-order chi connectivity index (χ0) is 37.6. The third-order valence-electron chi connectivity index (χ3n) is 9.41. The van der Waals surface area contributed by atoms with Crippen LogP contribution in [0.3, 0.4) is 0 Å². The number of nitrogens with one attached hydrogen (secondary N) is 1. The van der Waals surface area contributed by atoms with E-state index >= 15 is 0 Å². The van der Waals surface area contributed by atoms with Crippen molar-refractivity contribution in [2.24, 2.45) is 11.8 Å². The normalized spacial score (nSPS) is 22.6. The summed E-state index contributed by atoms with van der Waals surface area (Å²) in [5.41, 5.74) is -0.765. The Morgan fingerprint density at radius 2 is 1.74 bits per heavy atom. The van der Waals surface area contributed by atoms with Gasteiger partial charge in [0.25, 0.3) is 0 Å². The molecule has 282 valence electrons. The number of para-hydroxylation sites is 1. The predicted octanol–water partition coefficient (Wildman–Crippen LogP) is 5.12. The second-order valence-corrected chi connectivity index (χ2v) is 14.1. The minimum atomic E-state index is -1.51. The molecule has 1 saturated heterocycles. The fraction of sp³-hybridized carbons (Fsp3) is 0.641. The van der Waals surface area contributed by atoms with Gasteiger partial charge in [0, 0.05) is 32.1 Å². The van der Waals surface area contributed by atoms with Gasteiger partial charge in [-0.3, -0.25) is 9.59 Å². The van der Waals surface area contributed by atoms with Gasteiger partial charge in [-0.05, 0) is 64.5 Å². The largest absolute Gasteiger partial charge is 0.496 e. The van der Waals surface area contributed by atoms with Crippen LogP contribution >= 0.6 is 0 Å². The number of methoxy groups -OCH3 is 2. The maximum atomic E-state index is 11.8. The van der Waals surface area contributed by atoms with Crippen LogP contribution in [0.2, 0.25) is 0 Å². The van der Waals surface area contributed by atoms with E-state index in [1.165, 1.54) is 13.8 Å². The first kappa shape index (κ1) is 43.1. The van der Waals surface area contributed by atoms with Crippen molar-refractivity contribution in [3.8, 4) is 5.75 Å². The van der Waals surface area contributed by atoms with Gasteiger partial charge < -0.3 is 44.7 Å². The van der Waals surface area contributed by atoms with Crippen LogP contribution < -0.4 is 10.1 Å². The van der Waals surface area contributed by atoms with Gasteiger partial charge in [0.2, 0.25) is 0 Å². The highest BCUT2D eigenvalue weighted by molar-refractivity contribution is 5.67. The summed E-state index contributed by atoms with van der Waals surface area (Å²) in [4.78, 5) is 22.7. The molecule has 1 aromatic rings. The number of carboxylic acid groups (broad SMARTS) is 1. The van der Waals surface area contributed by atoms with Crippen molar-refractivity contribution in [1.29, 1.82) is 0 Å². The van der Waals surface area contributed by atoms with Crippen LogP contribution in [0.5, 0.6) is 5.75 Å². The molecule has 11 heteroatoms. The lowest BCUT2D eigenvalue weighted by molar-refractivity contribution is -0.156. The number of ether oxygens (including phenoxy) is 4. The van der Waals surface area contributed by atoms with Gasteiger partial charge in [-0.25, -0.2) is 0 Å². The number of carboxylic acids is 1. The van der Waals surface area contributed by atoms with Crippen LogP contribution in [0, 0.1) is 11.8 Å². The minimum Gasteiger partial charge on any atom is -0.496 e. The number of benzene rings is 1. The monoisotopic (exact) mass is 703 g/mol. The topological polar surface area (TPSA) is 167 Å². The summed E-state index contributed by atoms with van der Waals surface area (Å²) in [6, 6.07) is 7.35. The number of carbonyl (C=O) groups excluding carboxylic acids is 1. The lowest BCUT2D eigenvalue weighted by atomic mass is 9.87. The van der Waals surface area contributed by atoms with Crippen molar-refractivity contribution < 1.29 is 49.0 Å². The highest BCUT2D eigenvalue weighted by atomic mass is 16.6. The quantitative estimate of drug-likeness (QED) is 0.0445. The second kappa shape index (κ2) is 20.1. The molecule has 5 N–H and O–H groups in total. The molecule has 1 aliphatic rings. The maximum absolute atomic E-state index is 11.8. The lowest BCUT2D eigenvalue weighted by Gasteiger charge is -2.31. The van der Waals surface area contributed by atoms with E-state index in [2.05, 4.69) is 19.2 Å². The maximum Gasteiger partial charge on any atom is 0.305 e. The molecular formula is C39H61NO10. The van der Waals surface area contributed by atoms with Crippen molar-refractivity contribution in [3.05, 3.63) is 65.8 Å². The number of epoxide rings is 1. The minimum absolute atomic E-state index is 0.0105. The smallest absolute Gasteiger partial charge is 0.305 e. The van der Waals surface area contributed by atoms with Gasteiger partial charge in [-0.2, -0.15) is 0 Å². The van der Waals surface area contributed by atoms with Gasteiger partial charge in [-0.15, -0.1) is 0 Å². The summed E-state index contributed by atoms with van der Waals surface area (Å²) in [6.07, 6.45) is 7.91. The average Bonchev–Trinajstić information content (AvgIpc) is 3.82. The molecule has 50 heavy (non-hydrogen) atoms. The van der Waals surface area contributed by atoms with Crippen molar-refractivity contribution >= 4 is 11.9 Å². The van der Waals surface area contributed by atoms with Crippen molar-refractivity contribution in [3.63, 3.8) is 0 Å². The summed E-state index contributed by atoms with van der Waals surface area (Å²) < 4.78 is 22.8. The Morgan fingerprint density at radius 3 is 2.34 bits per heavy atom. The van der Waals surface area contributed by atoms with E-state index in [1.54, 1.807) is 33.3 Å². The standard InChI is InChI=1S/C39H61NO10/c1-10-31(47-8)27(4)35-36(50-35)37(40-24-29-15-11-12-16-32(29)48-9)39(7,46)20-13-14-25(2)22-26(3)17-18-33(49-28(5)41)38(6,45)21-19-30(42)23-34(43)44/h11-18,20,26-27,30-31,33,35-37,40,42,45-46H,10,19,21-24H2,1-9H3,(H,43,44)/b18-17+,20-13+,25-14+/t26-,27+,30+,31-,33-,35+,36-,37?,38+,39?/m0/s1. The van der Waals surface area contributed by atoms with E-state index in [9.17, 15) is 24.9 Å². The van der Waals surface area contributed by atoms with Crippen LogP contribution in [0.4, 0.5) is 0 Å². The van der Waals surface area contributed by atoms with Gasteiger partial charge in [0.15, 0.2) is 0 Å². The molecule has 0 bridgehead atoms. The molecule has 2 unspecified atom stereocenters. The zero-order valence-electron chi connectivity index (χ0n) is 31.3. The number of aliphatic hydroxyl groups excluding tert-OH is 1. The van der Waals surface area contributed by atoms with Gasteiger partial charge in [0.05, 0.1) is 43.5 Å². The Kier molecular flexibility index (Phi) is 17.3. The zero-order valence-corrected chi connectivity index (χ0v) is 31.3. The van der Waals surface area contributed by atoms with Crippen LogP contribution in [0.15, 0.2) is 60.2 Å². The number of carbonyl (C=O) groups is 2. The third kappa shape index (κ3) is 13.9. The van der Waals surface area contributed by atoms with Gasteiger partial charge >= 0.3 is 11.9 Å². The summed E-state index contributed by atoms with van der Waals surface area (Å²) >= 11 is 0. The molecule has 0 saturated carbocycles. The van der Waals surface area contributed by atoms with Crippen LogP contribution in [0.1, 0.15) is 86.1 Å². The van der Waals surface area contributed by atoms with E-state index in [4.69, 9.17) is 24.1 Å². The molecule has 0 aromatic heterocycles. The van der Waals surface area contributed by atoms with Crippen molar-refractivity contribution in [1.82, 2.24) is 5.32 Å². The first-order valence-corrected chi connectivity index (χ1v) is 17.5. The van der Waals surface area contributed by atoms with Gasteiger partial charge in [0.1, 0.15) is 23.6 Å². The molecule has 1 aromatic carbocycles. The number of esters is 1. The molecule has 1 heterocycles. The van der Waals surface area contributed by atoms with Crippen molar-refractivity contribution in [2.45, 2.75) is 135 Å². The van der Waals surface area contributed by atoms with E-state index in [-0.39, 0.29) is 43.0 Å². The highest BCUT2D eigenvalue weighted by Crippen LogP contribution is 2.39. The molecule has 0 radical (unpaired) electrons. The fourth-order valence-corrected chi connectivity index (χ4v) is 6.42. The predicted molar refractivity (Wildman–Crippen MR) is 193 cm³/mol. The van der Waals surface area contributed by atoms with Crippen LogP contribution in [-0.4, -0.2) is 94.3 Å². The van der Waals surface area contributed by atoms with Crippen molar-refractivity contribution in [2.75, 3.05) is 14.2 Å². The Bertz CT molecular complexity index is 1300. The molecule has 2 rings (SSSR count). The fourth-order valence-electron chi connectivity index (χ4n) is 6.42. The molecule has 11 nitrogen and oxygen atoms in total. The molecule has 0 amide bonds. The lowest BCUT2D eigenvalue weighted by Crippen LogP contribution is -2.52. The van der Waals surface area contributed by atoms with E-state index in [0.29, 0.717) is 13.0 Å². The Morgan fingerprint density at radius 1 is 1.06 bits per heavy atom. The summed E-state index contributed by atoms with van der Waals surface area (Å²) in [5, 5.41) is 45.3. The summed E-state index contributed by atoms with van der Waals surface area (Å²) in [6.45, 7) is 13.2. The molecule has 10 atom stereocenters. The number of allylic oxidation sites excluding steroid dienone is 4. The molecule has 0 aliphatic carbocycles. The Balaban J connectivity index is 2.15. The van der Waals surface area contributed by atoms with Crippen LogP contribution in [0.25, 0.3) is 0 Å². The Hall–Kier alpha value is -3.06. The first-order valence-electron chi connectivity index (χ1n) is 17.5. The molecule has 0 spiro atoms. The number of hydrogen-bond acceptors (Lipinski definition) is 10. The number of hydrogen-bond donors (Lipinski definition) is 5. The Labute approximate surface area is 298 Å². The molecular weight excluding hydrogens is 642 g/mol. The second-order valence-electron chi connectivity index (χ2n) is 14.1. The van der Waals surface area contributed by atoms with Crippen LogP contribution in [-0.2, 0) is 30.3 Å². The average molecular weight is 704 g/mol. The number of aliphatic carboxylic acids is 1. The van der Waals surface area contributed by atoms with E-state index in [0.717, 1.165) is 23.3 Å². The third-order valence-corrected chi connectivity index (χ3v) is 9.41. The summed E-state index contributed by atoms with van der Waals surface area (Å²) in [5.74, 6) is -0.775. The highest BCUT2D eigenvalue weighted by Gasteiger charge is 2.54. The first-order chi connectivity index (χ1) is 23.4. The molecule has 1 fully saturated rings.